The van der Waals surface area contributed by atoms with E-state index in [1.54, 1.807) is 11.0 Å². The summed E-state index contributed by atoms with van der Waals surface area (Å²) in [6.45, 7) is 4.09. The molecule has 1 saturated heterocycles. The molecule has 0 saturated carbocycles. The first kappa shape index (κ1) is 15.7. The Morgan fingerprint density at radius 3 is 2.96 bits per heavy atom. The third kappa shape index (κ3) is 3.01. The van der Waals surface area contributed by atoms with E-state index in [0.717, 1.165) is 24.8 Å². The molecular formula is C18H22N2O3. The quantitative estimate of drug-likeness (QED) is 0.882. The Bertz CT molecular complexity index is 779. The lowest BCUT2D eigenvalue weighted by Gasteiger charge is -2.32. The number of nitrogens with zero attached hydrogens (tertiary/aromatic N) is 1. The molecule has 3 rings (SSSR count). The molecule has 0 radical (unpaired) electrons. The third-order valence-corrected chi connectivity index (χ3v) is 4.59. The SMILES string of the molecule is CNCC1CCCN(C(=O)c2c(C)c3ccccc3oc2=O)C1. The summed E-state index contributed by atoms with van der Waals surface area (Å²) in [5, 5.41) is 3.98. The number of likely N-dealkylation sites (tertiary alicyclic amines) is 1. The summed E-state index contributed by atoms with van der Waals surface area (Å²) in [6, 6.07) is 7.33. The van der Waals surface area contributed by atoms with Gasteiger partial charge in [-0.05, 0) is 50.9 Å². The van der Waals surface area contributed by atoms with Crippen molar-refractivity contribution in [2.75, 3.05) is 26.7 Å². The van der Waals surface area contributed by atoms with Crippen molar-refractivity contribution >= 4 is 16.9 Å². The van der Waals surface area contributed by atoms with Gasteiger partial charge in [0.1, 0.15) is 11.1 Å². The van der Waals surface area contributed by atoms with E-state index in [9.17, 15) is 9.59 Å². The molecule has 0 spiro atoms. The number of hydrogen-bond donors (Lipinski definition) is 1. The van der Waals surface area contributed by atoms with Crippen molar-refractivity contribution in [1.82, 2.24) is 10.2 Å². The first-order valence-electron chi connectivity index (χ1n) is 8.08. The van der Waals surface area contributed by atoms with Crippen LogP contribution in [0.1, 0.15) is 28.8 Å². The molecule has 1 N–H and O–H groups in total. The van der Waals surface area contributed by atoms with Gasteiger partial charge in [-0.25, -0.2) is 4.79 Å². The summed E-state index contributed by atoms with van der Waals surface area (Å²) < 4.78 is 5.34. The van der Waals surface area contributed by atoms with Gasteiger partial charge >= 0.3 is 5.63 Å². The van der Waals surface area contributed by atoms with Gasteiger partial charge in [0, 0.05) is 18.5 Å². The largest absolute Gasteiger partial charge is 0.422 e. The van der Waals surface area contributed by atoms with E-state index in [1.165, 1.54) is 0 Å². The Labute approximate surface area is 135 Å². The number of carbonyl (C=O) groups excluding carboxylic acids is 1. The van der Waals surface area contributed by atoms with Crippen LogP contribution in [0, 0.1) is 12.8 Å². The fraction of sp³-hybridized carbons (Fsp3) is 0.444. The van der Waals surface area contributed by atoms with E-state index in [2.05, 4.69) is 5.32 Å². The Hall–Kier alpha value is -2.14. The van der Waals surface area contributed by atoms with Gasteiger partial charge in [0.25, 0.3) is 5.91 Å². The first-order valence-corrected chi connectivity index (χ1v) is 8.08. The third-order valence-electron chi connectivity index (χ3n) is 4.59. The maximum atomic E-state index is 12.9. The van der Waals surface area contributed by atoms with E-state index in [0.29, 0.717) is 30.2 Å². The van der Waals surface area contributed by atoms with Gasteiger partial charge < -0.3 is 14.6 Å². The zero-order chi connectivity index (χ0) is 16.4. The number of amides is 1. The second-order valence-corrected chi connectivity index (χ2v) is 6.20. The van der Waals surface area contributed by atoms with Crippen molar-refractivity contribution in [2.45, 2.75) is 19.8 Å². The molecule has 5 nitrogen and oxygen atoms in total. The lowest BCUT2D eigenvalue weighted by atomic mass is 9.96. The Kier molecular flexibility index (Phi) is 4.48. The van der Waals surface area contributed by atoms with Crippen LogP contribution in [0.15, 0.2) is 33.5 Å². The number of aryl methyl sites for hydroxylation is 1. The lowest BCUT2D eigenvalue weighted by Crippen LogP contribution is -2.44. The highest BCUT2D eigenvalue weighted by atomic mass is 16.4. The predicted molar refractivity (Wildman–Crippen MR) is 89.8 cm³/mol. The van der Waals surface area contributed by atoms with Crippen LogP contribution in [0.4, 0.5) is 0 Å². The summed E-state index contributed by atoms with van der Waals surface area (Å²) in [5.74, 6) is 0.230. The molecular weight excluding hydrogens is 292 g/mol. The van der Waals surface area contributed by atoms with Crippen LogP contribution in [0.3, 0.4) is 0 Å². The van der Waals surface area contributed by atoms with Gasteiger partial charge in [0.15, 0.2) is 0 Å². The molecule has 1 atom stereocenters. The van der Waals surface area contributed by atoms with E-state index < -0.39 is 5.63 Å². The van der Waals surface area contributed by atoms with Crippen LogP contribution in [-0.2, 0) is 0 Å². The molecule has 1 aliphatic rings. The van der Waals surface area contributed by atoms with Crippen LogP contribution in [0.25, 0.3) is 11.0 Å². The number of hydrogen-bond acceptors (Lipinski definition) is 4. The maximum absolute atomic E-state index is 12.9. The number of rotatable bonds is 3. The molecule has 1 unspecified atom stereocenters. The fourth-order valence-electron chi connectivity index (χ4n) is 3.41. The van der Waals surface area contributed by atoms with Gasteiger partial charge in [-0.1, -0.05) is 18.2 Å². The van der Waals surface area contributed by atoms with Crippen LogP contribution in [-0.4, -0.2) is 37.5 Å². The van der Waals surface area contributed by atoms with E-state index in [-0.39, 0.29) is 11.5 Å². The number of piperidine rings is 1. The number of fused-ring (bicyclic) bond motifs is 1. The second-order valence-electron chi connectivity index (χ2n) is 6.20. The van der Waals surface area contributed by atoms with Crippen molar-refractivity contribution in [3.8, 4) is 0 Å². The molecule has 2 aromatic rings. The zero-order valence-corrected chi connectivity index (χ0v) is 13.6. The van der Waals surface area contributed by atoms with Crippen molar-refractivity contribution in [1.29, 1.82) is 0 Å². The lowest BCUT2D eigenvalue weighted by molar-refractivity contribution is 0.0669. The molecule has 1 amide bonds. The van der Waals surface area contributed by atoms with Crippen molar-refractivity contribution in [2.24, 2.45) is 5.92 Å². The molecule has 0 aliphatic carbocycles. The highest BCUT2D eigenvalue weighted by Crippen LogP contribution is 2.22. The van der Waals surface area contributed by atoms with E-state index in [4.69, 9.17) is 4.42 Å². The average Bonchev–Trinajstić information content (AvgIpc) is 2.55. The molecule has 5 heteroatoms. The Morgan fingerprint density at radius 1 is 1.39 bits per heavy atom. The second kappa shape index (κ2) is 6.54. The normalized spacial score (nSPS) is 18.3. The standard InChI is InChI=1S/C18H22N2O3/c1-12-14-7-3-4-8-15(14)23-18(22)16(12)17(21)20-9-5-6-13(11-20)10-19-2/h3-4,7-8,13,19H,5-6,9-11H2,1-2H3. The molecule has 0 bridgehead atoms. The maximum Gasteiger partial charge on any atom is 0.349 e. The zero-order valence-electron chi connectivity index (χ0n) is 13.6. The van der Waals surface area contributed by atoms with Crippen LogP contribution >= 0.6 is 0 Å². The van der Waals surface area contributed by atoms with Crippen LogP contribution in [0.2, 0.25) is 0 Å². The summed E-state index contributed by atoms with van der Waals surface area (Å²) >= 11 is 0. The summed E-state index contributed by atoms with van der Waals surface area (Å²) in [7, 11) is 1.92. The van der Waals surface area contributed by atoms with Gasteiger partial charge in [-0.2, -0.15) is 0 Å². The Morgan fingerprint density at radius 2 is 2.17 bits per heavy atom. The Balaban J connectivity index is 1.96. The van der Waals surface area contributed by atoms with Gasteiger partial charge in [0.05, 0.1) is 0 Å². The van der Waals surface area contributed by atoms with Crippen molar-refractivity contribution < 1.29 is 9.21 Å². The van der Waals surface area contributed by atoms with E-state index >= 15 is 0 Å². The number of nitrogens with one attached hydrogen (secondary N) is 1. The number of para-hydroxylation sites is 1. The summed E-state index contributed by atoms with van der Waals surface area (Å²) in [4.78, 5) is 27.0. The highest BCUT2D eigenvalue weighted by Gasteiger charge is 2.28. The fourth-order valence-corrected chi connectivity index (χ4v) is 3.41. The number of carbonyl (C=O) groups is 1. The smallest absolute Gasteiger partial charge is 0.349 e. The number of benzene rings is 1. The summed E-state index contributed by atoms with van der Waals surface area (Å²) in [6.07, 6.45) is 2.08. The van der Waals surface area contributed by atoms with E-state index in [1.807, 2.05) is 32.2 Å². The van der Waals surface area contributed by atoms with Gasteiger partial charge in [0.2, 0.25) is 0 Å². The van der Waals surface area contributed by atoms with Gasteiger partial charge in [-0.15, -0.1) is 0 Å². The van der Waals surface area contributed by atoms with Crippen molar-refractivity contribution in [3.05, 3.63) is 45.8 Å². The van der Waals surface area contributed by atoms with Gasteiger partial charge in [-0.3, -0.25) is 4.79 Å². The molecule has 1 aliphatic heterocycles. The average molecular weight is 314 g/mol. The van der Waals surface area contributed by atoms with Crippen molar-refractivity contribution in [3.63, 3.8) is 0 Å². The topological polar surface area (TPSA) is 62.6 Å². The molecule has 1 fully saturated rings. The first-order chi connectivity index (χ1) is 11.1. The minimum atomic E-state index is -0.540. The molecule has 1 aromatic carbocycles. The predicted octanol–water partition coefficient (Wildman–Crippen LogP) is 2.17. The summed E-state index contributed by atoms with van der Waals surface area (Å²) in [5.41, 5.74) is 0.867. The molecule has 122 valence electrons. The van der Waals surface area contributed by atoms with Crippen LogP contribution < -0.4 is 10.9 Å². The molecule has 1 aromatic heterocycles. The monoisotopic (exact) mass is 314 g/mol. The molecule has 23 heavy (non-hydrogen) atoms. The minimum Gasteiger partial charge on any atom is -0.422 e. The minimum absolute atomic E-state index is 0.175. The highest BCUT2D eigenvalue weighted by molar-refractivity contribution is 5.99. The van der Waals surface area contributed by atoms with Crippen LogP contribution in [0.5, 0.6) is 0 Å². The molecule has 2 heterocycles.